The molecule has 4 unspecified atom stereocenters. The maximum atomic E-state index is 6.34. The van der Waals surface area contributed by atoms with Crippen LogP contribution in [0.2, 0.25) is 0 Å². The molecule has 1 fully saturated rings. The Balaban J connectivity index is 2.45. The molecule has 4 atom stereocenters. The van der Waals surface area contributed by atoms with E-state index in [1.54, 1.807) is 0 Å². The highest BCUT2D eigenvalue weighted by atomic mass is 16.5. The average molecular weight is 240 g/mol. The third-order valence-electron chi connectivity index (χ3n) is 4.33. The van der Waals surface area contributed by atoms with Crippen LogP contribution in [0, 0.1) is 17.8 Å². The first-order valence-electron chi connectivity index (χ1n) is 7.70. The molecule has 0 aromatic heterocycles. The Labute approximate surface area is 108 Å². The summed E-state index contributed by atoms with van der Waals surface area (Å²) in [5.74, 6) is 2.41. The molecule has 0 aromatic rings. The zero-order valence-corrected chi connectivity index (χ0v) is 12.5. The van der Waals surface area contributed by atoms with Crippen molar-refractivity contribution < 1.29 is 4.74 Å². The van der Waals surface area contributed by atoms with Gasteiger partial charge in [0.15, 0.2) is 0 Å². The van der Waals surface area contributed by atoms with E-state index in [9.17, 15) is 0 Å². The molecule has 0 heterocycles. The van der Waals surface area contributed by atoms with Gasteiger partial charge >= 0.3 is 0 Å². The van der Waals surface area contributed by atoms with E-state index in [1.165, 1.54) is 38.5 Å². The fourth-order valence-corrected chi connectivity index (χ4v) is 3.13. The Kier molecular flexibility index (Phi) is 6.54. The Bertz CT molecular complexity index is 200. The van der Waals surface area contributed by atoms with Crippen LogP contribution >= 0.6 is 0 Å². The van der Waals surface area contributed by atoms with Gasteiger partial charge in [-0.05, 0) is 43.9 Å². The van der Waals surface area contributed by atoms with E-state index in [0.29, 0.717) is 12.2 Å². The van der Waals surface area contributed by atoms with Crippen molar-refractivity contribution in [3.05, 3.63) is 0 Å². The van der Waals surface area contributed by atoms with E-state index in [1.807, 2.05) is 0 Å². The summed E-state index contributed by atoms with van der Waals surface area (Å²) in [5, 5.41) is 0. The summed E-state index contributed by atoms with van der Waals surface area (Å²) in [4.78, 5) is 0. The fourth-order valence-electron chi connectivity index (χ4n) is 3.13. The largest absolute Gasteiger partial charge is 0.375 e. The van der Waals surface area contributed by atoms with Gasteiger partial charge in [0.05, 0.1) is 12.2 Å². The molecule has 1 nitrogen and oxygen atoms in total. The monoisotopic (exact) mass is 240 g/mol. The standard InChI is InChI=1S/C16H32O/c1-6-7-8-14(5)17-16-11-13(4)9-10-15(16)12(2)3/h12-16H,6-11H2,1-5H3. The highest BCUT2D eigenvalue weighted by Crippen LogP contribution is 2.36. The summed E-state index contributed by atoms with van der Waals surface area (Å²) in [6, 6.07) is 0. The maximum absolute atomic E-state index is 6.34. The van der Waals surface area contributed by atoms with Crippen molar-refractivity contribution in [3.63, 3.8) is 0 Å². The average Bonchev–Trinajstić information content (AvgIpc) is 2.26. The summed E-state index contributed by atoms with van der Waals surface area (Å²) in [6.07, 6.45) is 8.82. The predicted octanol–water partition coefficient (Wildman–Crippen LogP) is 5.04. The second kappa shape index (κ2) is 7.41. The van der Waals surface area contributed by atoms with Crippen LogP contribution in [0.25, 0.3) is 0 Å². The Morgan fingerprint density at radius 3 is 2.47 bits per heavy atom. The summed E-state index contributed by atoms with van der Waals surface area (Å²) in [5.41, 5.74) is 0. The van der Waals surface area contributed by atoms with Crippen molar-refractivity contribution in [3.8, 4) is 0 Å². The van der Waals surface area contributed by atoms with Crippen molar-refractivity contribution >= 4 is 0 Å². The van der Waals surface area contributed by atoms with Gasteiger partial charge in [0, 0.05) is 0 Å². The number of unbranched alkanes of at least 4 members (excludes halogenated alkanes) is 1. The van der Waals surface area contributed by atoms with Crippen molar-refractivity contribution in [1.29, 1.82) is 0 Å². The van der Waals surface area contributed by atoms with Gasteiger partial charge in [0.2, 0.25) is 0 Å². The third kappa shape index (κ3) is 4.99. The molecule has 102 valence electrons. The molecule has 0 bridgehead atoms. The third-order valence-corrected chi connectivity index (χ3v) is 4.33. The lowest BCUT2D eigenvalue weighted by molar-refractivity contribution is -0.0764. The lowest BCUT2D eigenvalue weighted by Crippen LogP contribution is -2.36. The number of rotatable bonds is 6. The van der Waals surface area contributed by atoms with Crippen molar-refractivity contribution in [2.24, 2.45) is 17.8 Å². The molecule has 1 heteroatoms. The predicted molar refractivity (Wildman–Crippen MR) is 75.2 cm³/mol. The number of hydrogen-bond donors (Lipinski definition) is 0. The molecule has 0 saturated heterocycles. The van der Waals surface area contributed by atoms with Gasteiger partial charge in [-0.2, -0.15) is 0 Å². The molecule has 17 heavy (non-hydrogen) atoms. The van der Waals surface area contributed by atoms with Gasteiger partial charge < -0.3 is 4.74 Å². The maximum Gasteiger partial charge on any atom is 0.0611 e. The SMILES string of the molecule is CCCCC(C)OC1CC(C)CCC1C(C)C. The van der Waals surface area contributed by atoms with Crippen LogP contribution < -0.4 is 0 Å². The van der Waals surface area contributed by atoms with Gasteiger partial charge in [-0.1, -0.05) is 47.0 Å². The van der Waals surface area contributed by atoms with E-state index in [-0.39, 0.29) is 0 Å². The molecule has 0 spiro atoms. The summed E-state index contributed by atoms with van der Waals surface area (Å²) in [6.45, 7) is 11.6. The fraction of sp³-hybridized carbons (Fsp3) is 1.00. The van der Waals surface area contributed by atoms with Crippen molar-refractivity contribution in [2.75, 3.05) is 0 Å². The van der Waals surface area contributed by atoms with Crippen LogP contribution in [0.4, 0.5) is 0 Å². The van der Waals surface area contributed by atoms with Gasteiger partial charge in [-0.25, -0.2) is 0 Å². The van der Waals surface area contributed by atoms with Crippen LogP contribution in [-0.4, -0.2) is 12.2 Å². The minimum Gasteiger partial charge on any atom is -0.375 e. The van der Waals surface area contributed by atoms with E-state index >= 15 is 0 Å². The highest BCUT2D eigenvalue weighted by molar-refractivity contribution is 4.82. The Hall–Kier alpha value is -0.0400. The topological polar surface area (TPSA) is 9.23 Å². The van der Waals surface area contributed by atoms with Crippen LogP contribution in [0.1, 0.15) is 73.1 Å². The first kappa shape index (κ1) is 15.0. The van der Waals surface area contributed by atoms with Crippen molar-refractivity contribution in [2.45, 2.75) is 85.4 Å². The molecule has 1 rings (SSSR count). The molecular weight excluding hydrogens is 208 g/mol. The molecule has 1 aliphatic rings. The summed E-state index contributed by atoms with van der Waals surface area (Å²) >= 11 is 0. The summed E-state index contributed by atoms with van der Waals surface area (Å²) < 4.78 is 6.34. The quantitative estimate of drug-likeness (QED) is 0.632. The Morgan fingerprint density at radius 1 is 1.18 bits per heavy atom. The second-order valence-corrected chi connectivity index (χ2v) is 6.45. The van der Waals surface area contributed by atoms with E-state index in [4.69, 9.17) is 4.74 Å². The van der Waals surface area contributed by atoms with E-state index < -0.39 is 0 Å². The minimum absolute atomic E-state index is 0.450. The van der Waals surface area contributed by atoms with Crippen LogP contribution in [0.5, 0.6) is 0 Å². The van der Waals surface area contributed by atoms with Crippen LogP contribution in [0.15, 0.2) is 0 Å². The molecule has 0 amide bonds. The lowest BCUT2D eigenvalue weighted by atomic mass is 9.75. The second-order valence-electron chi connectivity index (χ2n) is 6.45. The molecule has 1 aliphatic carbocycles. The number of hydrogen-bond acceptors (Lipinski definition) is 1. The zero-order chi connectivity index (χ0) is 12.8. The molecular formula is C16H32O. The van der Waals surface area contributed by atoms with Crippen molar-refractivity contribution in [1.82, 2.24) is 0 Å². The van der Waals surface area contributed by atoms with E-state index in [2.05, 4.69) is 34.6 Å². The first-order valence-corrected chi connectivity index (χ1v) is 7.70. The lowest BCUT2D eigenvalue weighted by Gasteiger charge is -2.38. The summed E-state index contributed by atoms with van der Waals surface area (Å²) in [7, 11) is 0. The number of ether oxygens (including phenoxy) is 1. The van der Waals surface area contributed by atoms with Crippen LogP contribution in [0.3, 0.4) is 0 Å². The van der Waals surface area contributed by atoms with E-state index in [0.717, 1.165) is 17.8 Å². The van der Waals surface area contributed by atoms with Gasteiger partial charge in [0.1, 0.15) is 0 Å². The first-order chi connectivity index (χ1) is 8.04. The van der Waals surface area contributed by atoms with Gasteiger partial charge in [-0.3, -0.25) is 0 Å². The molecule has 0 radical (unpaired) electrons. The normalized spacial score (nSPS) is 31.8. The van der Waals surface area contributed by atoms with Crippen LogP contribution in [-0.2, 0) is 4.74 Å². The zero-order valence-electron chi connectivity index (χ0n) is 12.5. The molecule has 1 saturated carbocycles. The smallest absolute Gasteiger partial charge is 0.0611 e. The molecule has 0 N–H and O–H groups in total. The molecule has 0 aliphatic heterocycles. The van der Waals surface area contributed by atoms with Gasteiger partial charge in [0.25, 0.3) is 0 Å². The molecule has 0 aromatic carbocycles. The highest BCUT2D eigenvalue weighted by Gasteiger charge is 2.32. The van der Waals surface area contributed by atoms with Gasteiger partial charge in [-0.15, -0.1) is 0 Å². The minimum atomic E-state index is 0.450. The Morgan fingerprint density at radius 2 is 1.88 bits per heavy atom.